The fourth-order valence-corrected chi connectivity index (χ4v) is 1.88. The molecule has 112 valence electrons. The van der Waals surface area contributed by atoms with Gasteiger partial charge in [0.15, 0.2) is 17.8 Å². The van der Waals surface area contributed by atoms with E-state index in [9.17, 15) is 25.2 Å². The van der Waals surface area contributed by atoms with Crippen LogP contribution in [0.25, 0.3) is 0 Å². The van der Waals surface area contributed by atoms with Crippen LogP contribution in [0.3, 0.4) is 0 Å². The van der Waals surface area contributed by atoms with Gasteiger partial charge in [-0.25, -0.2) is 4.68 Å². The lowest BCUT2D eigenvalue weighted by Gasteiger charge is -2.38. The van der Waals surface area contributed by atoms with E-state index in [1.807, 2.05) is 0 Å². The molecule has 0 spiro atoms. The summed E-state index contributed by atoms with van der Waals surface area (Å²) >= 11 is 0. The van der Waals surface area contributed by atoms with Crippen molar-refractivity contribution in [3.63, 3.8) is 0 Å². The molecule has 1 fully saturated rings. The van der Waals surface area contributed by atoms with Crippen molar-refractivity contribution < 1.29 is 30.0 Å². The van der Waals surface area contributed by atoms with Gasteiger partial charge < -0.3 is 36.6 Å². The monoisotopic (exact) mass is 289 g/mol. The Balaban J connectivity index is 2.15. The number of carbonyl (C=O) groups is 1. The van der Waals surface area contributed by atoms with Crippen LogP contribution in [-0.4, -0.2) is 72.0 Å². The van der Waals surface area contributed by atoms with Crippen molar-refractivity contribution in [3.05, 3.63) is 5.69 Å². The number of hydrogen-bond acceptors (Lipinski definition) is 9. The number of aliphatic hydroxyl groups is 4. The lowest BCUT2D eigenvalue weighted by molar-refractivity contribution is -0.284. The van der Waals surface area contributed by atoms with Crippen LogP contribution in [0.2, 0.25) is 0 Å². The molecular formula is C9H15N5O6. The summed E-state index contributed by atoms with van der Waals surface area (Å²) in [4.78, 5) is 11.0. The minimum Gasteiger partial charge on any atom is -0.388 e. The molecule has 1 saturated heterocycles. The number of carbonyl (C=O) groups excluding carboxylic acids is 1. The number of rotatable bonds is 3. The molecule has 1 unspecified atom stereocenters. The predicted molar refractivity (Wildman–Crippen MR) is 61.9 cm³/mol. The predicted octanol–water partition coefficient (Wildman–Crippen LogP) is -4.24. The number of primary amides is 1. The normalized spacial score (nSPS) is 34.1. The first kappa shape index (κ1) is 14.6. The van der Waals surface area contributed by atoms with Crippen LogP contribution in [0, 0.1) is 0 Å². The number of nitrogens with two attached hydrogens (primary N) is 2. The molecule has 1 aliphatic rings. The molecule has 11 nitrogen and oxygen atoms in total. The number of amides is 1. The smallest absolute Gasteiger partial charge is 0.273 e. The van der Waals surface area contributed by atoms with Gasteiger partial charge in [0.05, 0.1) is 6.54 Å². The summed E-state index contributed by atoms with van der Waals surface area (Å²) in [6, 6.07) is 0. The van der Waals surface area contributed by atoms with Crippen LogP contribution in [-0.2, 0) is 11.3 Å². The third kappa shape index (κ3) is 2.44. The maximum Gasteiger partial charge on any atom is 0.273 e. The van der Waals surface area contributed by atoms with Gasteiger partial charge in [-0.05, 0) is 0 Å². The topological polar surface area (TPSA) is 190 Å². The Labute approximate surface area is 112 Å². The lowest BCUT2D eigenvalue weighted by atomic mass is 9.99. The SMILES string of the molecule is NC(=O)c1nnn(C[C@H]2OC(O)[C@H](O)[C@@H](O)[C@@H]2O)c1N. The highest BCUT2D eigenvalue weighted by atomic mass is 16.6. The largest absolute Gasteiger partial charge is 0.388 e. The van der Waals surface area contributed by atoms with E-state index in [1.165, 1.54) is 0 Å². The summed E-state index contributed by atoms with van der Waals surface area (Å²) in [5.74, 6) is -1.00. The zero-order chi connectivity index (χ0) is 15.0. The zero-order valence-electron chi connectivity index (χ0n) is 10.2. The molecule has 20 heavy (non-hydrogen) atoms. The van der Waals surface area contributed by atoms with E-state index in [-0.39, 0.29) is 18.1 Å². The van der Waals surface area contributed by atoms with Crippen LogP contribution in [0.1, 0.15) is 10.5 Å². The molecule has 2 heterocycles. The van der Waals surface area contributed by atoms with Gasteiger partial charge in [0, 0.05) is 0 Å². The highest BCUT2D eigenvalue weighted by Gasteiger charge is 2.43. The van der Waals surface area contributed by atoms with E-state index < -0.39 is 36.6 Å². The number of anilines is 1. The lowest BCUT2D eigenvalue weighted by Crippen LogP contribution is -2.58. The average molecular weight is 289 g/mol. The Bertz CT molecular complexity index is 507. The van der Waals surface area contributed by atoms with E-state index in [1.54, 1.807) is 0 Å². The van der Waals surface area contributed by atoms with E-state index >= 15 is 0 Å². The quantitative estimate of drug-likeness (QED) is 0.320. The molecule has 1 amide bonds. The Morgan fingerprint density at radius 3 is 2.45 bits per heavy atom. The van der Waals surface area contributed by atoms with E-state index in [2.05, 4.69) is 10.3 Å². The molecule has 1 aromatic rings. The molecule has 5 atom stereocenters. The number of nitrogens with zero attached hydrogens (tertiary/aromatic N) is 3. The van der Waals surface area contributed by atoms with Crippen molar-refractivity contribution in [2.24, 2.45) is 5.73 Å². The highest BCUT2D eigenvalue weighted by molar-refractivity contribution is 5.94. The molecule has 1 aliphatic heterocycles. The number of aliphatic hydroxyl groups excluding tert-OH is 4. The minimum absolute atomic E-state index is 0.136. The number of aromatic nitrogens is 3. The first-order valence-electron chi connectivity index (χ1n) is 5.69. The third-order valence-corrected chi connectivity index (χ3v) is 3.05. The maximum absolute atomic E-state index is 11.0. The Morgan fingerprint density at radius 2 is 1.90 bits per heavy atom. The summed E-state index contributed by atoms with van der Waals surface area (Å²) in [7, 11) is 0. The molecule has 0 saturated carbocycles. The van der Waals surface area contributed by atoms with Gasteiger partial charge >= 0.3 is 0 Å². The Kier molecular flexibility index (Phi) is 3.87. The molecule has 1 aromatic heterocycles. The van der Waals surface area contributed by atoms with E-state index in [0.717, 1.165) is 4.68 Å². The van der Waals surface area contributed by atoms with Gasteiger partial charge in [-0.1, -0.05) is 5.21 Å². The first-order chi connectivity index (χ1) is 9.32. The van der Waals surface area contributed by atoms with Gasteiger partial charge in [-0.3, -0.25) is 4.79 Å². The molecule has 0 radical (unpaired) electrons. The first-order valence-corrected chi connectivity index (χ1v) is 5.69. The van der Waals surface area contributed by atoms with Crippen LogP contribution < -0.4 is 11.5 Å². The molecule has 2 rings (SSSR count). The van der Waals surface area contributed by atoms with Crippen molar-refractivity contribution >= 4 is 11.7 Å². The minimum atomic E-state index is -1.67. The second-order valence-electron chi connectivity index (χ2n) is 4.41. The second kappa shape index (κ2) is 5.30. The van der Waals surface area contributed by atoms with Gasteiger partial charge in [0.1, 0.15) is 24.4 Å². The third-order valence-electron chi connectivity index (χ3n) is 3.05. The fourth-order valence-electron chi connectivity index (χ4n) is 1.88. The van der Waals surface area contributed by atoms with Crippen LogP contribution in [0.5, 0.6) is 0 Å². The van der Waals surface area contributed by atoms with E-state index in [4.69, 9.17) is 16.2 Å². The second-order valence-corrected chi connectivity index (χ2v) is 4.41. The molecule has 11 heteroatoms. The Morgan fingerprint density at radius 1 is 1.25 bits per heavy atom. The molecule has 8 N–H and O–H groups in total. The van der Waals surface area contributed by atoms with Crippen molar-refractivity contribution in [1.82, 2.24) is 15.0 Å². The van der Waals surface area contributed by atoms with Crippen molar-refractivity contribution in [1.29, 1.82) is 0 Å². The zero-order valence-corrected chi connectivity index (χ0v) is 10.2. The van der Waals surface area contributed by atoms with Crippen molar-refractivity contribution in [2.45, 2.75) is 37.3 Å². The summed E-state index contributed by atoms with van der Waals surface area (Å²) in [6.45, 7) is -0.200. The summed E-state index contributed by atoms with van der Waals surface area (Å²) in [6.07, 6.45) is -7.47. The maximum atomic E-state index is 11.0. The van der Waals surface area contributed by atoms with Crippen molar-refractivity contribution in [3.8, 4) is 0 Å². The van der Waals surface area contributed by atoms with Crippen LogP contribution in [0.4, 0.5) is 5.82 Å². The highest BCUT2D eigenvalue weighted by Crippen LogP contribution is 2.21. The van der Waals surface area contributed by atoms with Crippen molar-refractivity contribution in [2.75, 3.05) is 5.73 Å². The van der Waals surface area contributed by atoms with Gasteiger partial charge in [-0.2, -0.15) is 0 Å². The molecule has 0 aliphatic carbocycles. The Hall–Kier alpha value is -1.79. The summed E-state index contributed by atoms with van der Waals surface area (Å²) < 4.78 is 5.98. The van der Waals surface area contributed by atoms with Crippen LogP contribution in [0.15, 0.2) is 0 Å². The number of ether oxygens (including phenoxy) is 1. The molecule has 0 bridgehead atoms. The summed E-state index contributed by atoms with van der Waals surface area (Å²) in [5.41, 5.74) is 10.4. The van der Waals surface area contributed by atoms with Crippen LogP contribution >= 0.6 is 0 Å². The van der Waals surface area contributed by atoms with Gasteiger partial charge in [0.25, 0.3) is 5.91 Å². The van der Waals surface area contributed by atoms with E-state index in [0.29, 0.717) is 0 Å². The standard InChI is InChI=1S/C9H15N5O6/c10-7-3(8(11)18)12-13-14(7)1-2-4(15)5(16)6(17)9(19)20-2/h2,4-6,9,15-17,19H,1,10H2,(H2,11,18)/t2-,4-,5+,6-,9?/m1/s1. The molecular weight excluding hydrogens is 274 g/mol. The molecule has 0 aromatic carbocycles. The van der Waals surface area contributed by atoms with Gasteiger partial charge in [0.2, 0.25) is 0 Å². The van der Waals surface area contributed by atoms with Gasteiger partial charge in [-0.15, -0.1) is 5.10 Å². The fraction of sp³-hybridized carbons (Fsp3) is 0.667. The number of nitrogen functional groups attached to an aromatic ring is 1. The number of hydrogen-bond donors (Lipinski definition) is 6. The summed E-state index contributed by atoms with van der Waals surface area (Å²) in [5, 5.41) is 45.0. The average Bonchev–Trinajstić information content (AvgIpc) is 2.75.